The number of methoxy groups -OCH3 is 1. The second-order valence-corrected chi connectivity index (χ2v) is 5.85. The number of hydrogen-bond acceptors (Lipinski definition) is 3. The smallest absolute Gasteiger partial charge is 0.410 e. The number of benzene rings is 1. The summed E-state index contributed by atoms with van der Waals surface area (Å²) in [5, 5.41) is 0. The molecule has 0 aromatic heterocycles. The highest BCUT2D eigenvalue weighted by atomic mass is 16.5. The van der Waals surface area contributed by atoms with Gasteiger partial charge in [0.25, 0.3) is 0 Å². The maximum absolute atomic E-state index is 11.9. The highest BCUT2D eigenvalue weighted by molar-refractivity contribution is 5.68. The van der Waals surface area contributed by atoms with Crippen LogP contribution >= 0.6 is 0 Å². The van der Waals surface area contributed by atoms with Crippen LogP contribution in [0.25, 0.3) is 0 Å². The van der Waals surface area contributed by atoms with Crippen molar-refractivity contribution in [3.63, 3.8) is 0 Å². The van der Waals surface area contributed by atoms with Gasteiger partial charge >= 0.3 is 6.09 Å². The third-order valence-corrected chi connectivity index (χ3v) is 3.78. The topological polar surface area (TPSA) is 38.8 Å². The van der Waals surface area contributed by atoms with Gasteiger partial charge in [0.1, 0.15) is 0 Å². The Morgan fingerprint density at radius 2 is 2.10 bits per heavy atom. The van der Waals surface area contributed by atoms with Crippen molar-refractivity contribution in [1.82, 2.24) is 4.90 Å². The minimum atomic E-state index is -0.309. The maximum Gasteiger partial charge on any atom is 0.410 e. The van der Waals surface area contributed by atoms with Crippen molar-refractivity contribution < 1.29 is 14.3 Å². The normalized spacial score (nSPS) is 21.6. The first kappa shape index (κ1) is 14.9. The molecule has 0 N–H and O–H groups in total. The second kappa shape index (κ2) is 6.27. The number of hydrogen-bond donors (Lipinski definition) is 0. The number of amides is 1. The Labute approximate surface area is 120 Å². The number of rotatable bonds is 3. The molecule has 2 rings (SSSR count). The molecule has 4 heteroatoms. The molecule has 1 aromatic rings. The Balaban J connectivity index is 1.93. The van der Waals surface area contributed by atoms with Crippen molar-refractivity contribution in [2.24, 2.45) is 0 Å². The summed E-state index contributed by atoms with van der Waals surface area (Å²) in [6.07, 6.45) is 1.67. The molecule has 1 heterocycles. The predicted octanol–water partition coefficient (Wildman–Crippen LogP) is 2.87. The van der Waals surface area contributed by atoms with Gasteiger partial charge < -0.3 is 9.47 Å². The number of carbonyl (C=O) groups is 1. The van der Waals surface area contributed by atoms with E-state index in [9.17, 15) is 4.79 Å². The van der Waals surface area contributed by atoms with E-state index in [1.165, 1.54) is 12.7 Å². The number of morpholine rings is 1. The average molecular weight is 277 g/mol. The molecule has 1 aromatic carbocycles. The van der Waals surface area contributed by atoms with Gasteiger partial charge in [0.05, 0.1) is 31.9 Å². The molecule has 1 fully saturated rings. The molecular weight excluding hydrogens is 254 g/mol. The zero-order chi connectivity index (χ0) is 14.6. The number of carbonyl (C=O) groups excluding carboxylic acids is 1. The van der Waals surface area contributed by atoms with E-state index in [-0.39, 0.29) is 17.7 Å². The molecule has 1 saturated heterocycles. The van der Waals surface area contributed by atoms with Gasteiger partial charge in [0.2, 0.25) is 0 Å². The van der Waals surface area contributed by atoms with Gasteiger partial charge in [-0.15, -0.1) is 0 Å². The van der Waals surface area contributed by atoms with Crippen LogP contribution < -0.4 is 0 Å². The van der Waals surface area contributed by atoms with Crippen LogP contribution in [0.5, 0.6) is 0 Å². The van der Waals surface area contributed by atoms with E-state index in [2.05, 4.69) is 12.1 Å². The summed E-state index contributed by atoms with van der Waals surface area (Å²) < 4.78 is 10.8. The zero-order valence-corrected chi connectivity index (χ0v) is 12.5. The third-order valence-electron chi connectivity index (χ3n) is 3.78. The van der Waals surface area contributed by atoms with Gasteiger partial charge in [0.15, 0.2) is 0 Å². The van der Waals surface area contributed by atoms with E-state index >= 15 is 0 Å². The minimum absolute atomic E-state index is 0.0716. The maximum atomic E-state index is 11.9. The van der Waals surface area contributed by atoms with Crippen LogP contribution in [-0.4, -0.2) is 42.9 Å². The molecule has 1 aliphatic rings. The van der Waals surface area contributed by atoms with Gasteiger partial charge in [-0.1, -0.05) is 30.3 Å². The lowest BCUT2D eigenvalue weighted by Crippen LogP contribution is -2.58. The van der Waals surface area contributed by atoms with E-state index in [1.807, 2.05) is 32.0 Å². The molecule has 1 amide bonds. The summed E-state index contributed by atoms with van der Waals surface area (Å²) in [5.41, 5.74) is 0.988. The Morgan fingerprint density at radius 3 is 2.75 bits per heavy atom. The van der Waals surface area contributed by atoms with Crippen LogP contribution in [0.3, 0.4) is 0 Å². The number of aryl methyl sites for hydroxylation is 1. The van der Waals surface area contributed by atoms with Crippen LogP contribution in [-0.2, 0) is 15.9 Å². The molecule has 1 atom stereocenters. The van der Waals surface area contributed by atoms with Crippen molar-refractivity contribution >= 4 is 6.09 Å². The van der Waals surface area contributed by atoms with Crippen LogP contribution in [0.15, 0.2) is 30.3 Å². The molecule has 0 aliphatic carbocycles. The lowest BCUT2D eigenvalue weighted by Gasteiger charge is -2.44. The summed E-state index contributed by atoms with van der Waals surface area (Å²) >= 11 is 0. The summed E-state index contributed by atoms with van der Waals surface area (Å²) in [5.74, 6) is 0. The summed E-state index contributed by atoms with van der Waals surface area (Å²) in [4.78, 5) is 13.6. The number of ether oxygens (including phenoxy) is 2. The Hall–Kier alpha value is -1.55. The molecule has 1 unspecified atom stereocenters. The molecule has 1 aliphatic heterocycles. The Kier molecular flexibility index (Phi) is 4.65. The van der Waals surface area contributed by atoms with Gasteiger partial charge in [-0.05, 0) is 32.3 Å². The Bertz CT molecular complexity index is 444. The first-order chi connectivity index (χ1) is 9.53. The number of nitrogens with zero attached hydrogens (tertiary/aromatic N) is 1. The molecular formula is C16H23NO3. The minimum Gasteiger partial charge on any atom is -0.453 e. The van der Waals surface area contributed by atoms with Crippen LogP contribution in [0, 0.1) is 0 Å². The standard InChI is InChI=1S/C16H23NO3/c1-16(2)12-20-14(11-17(16)15(18)19-3)10-9-13-7-5-4-6-8-13/h4-8,14H,9-12H2,1-3H3. The summed E-state index contributed by atoms with van der Waals surface area (Å²) in [7, 11) is 1.42. The molecule has 0 radical (unpaired) electrons. The highest BCUT2D eigenvalue weighted by Gasteiger charge is 2.38. The summed E-state index contributed by atoms with van der Waals surface area (Å²) in [6.45, 7) is 5.13. The van der Waals surface area contributed by atoms with E-state index in [4.69, 9.17) is 9.47 Å². The van der Waals surface area contributed by atoms with Crippen molar-refractivity contribution in [3.05, 3.63) is 35.9 Å². The van der Waals surface area contributed by atoms with E-state index < -0.39 is 0 Å². The molecule has 110 valence electrons. The molecule has 0 bridgehead atoms. The molecule has 0 saturated carbocycles. The van der Waals surface area contributed by atoms with Gasteiger partial charge in [-0.2, -0.15) is 0 Å². The first-order valence-corrected chi connectivity index (χ1v) is 7.04. The predicted molar refractivity (Wildman–Crippen MR) is 77.7 cm³/mol. The average Bonchev–Trinajstić information content (AvgIpc) is 2.46. The molecule has 0 spiro atoms. The van der Waals surface area contributed by atoms with Crippen LogP contribution in [0.4, 0.5) is 4.79 Å². The highest BCUT2D eigenvalue weighted by Crippen LogP contribution is 2.24. The third kappa shape index (κ3) is 3.51. The first-order valence-electron chi connectivity index (χ1n) is 7.04. The van der Waals surface area contributed by atoms with Crippen LogP contribution in [0.2, 0.25) is 0 Å². The lowest BCUT2D eigenvalue weighted by molar-refractivity contribution is -0.0900. The largest absolute Gasteiger partial charge is 0.453 e. The molecule has 4 nitrogen and oxygen atoms in total. The van der Waals surface area contributed by atoms with Gasteiger partial charge in [-0.25, -0.2) is 4.79 Å². The van der Waals surface area contributed by atoms with Crippen molar-refractivity contribution in [2.45, 2.75) is 38.3 Å². The monoisotopic (exact) mass is 277 g/mol. The van der Waals surface area contributed by atoms with Crippen molar-refractivity contribution in [1.29, 1.82) is 0 Å². The fraction of sp³-hybridized carbons (Fsp3) is 0.562. The van der Waals surface area contributed by atoms with Gasteiger partial charge in [0, 0.05) is 0 Å². The van der Waals surface area contributed by atoms with Gasteiger partial charge in [-0.3, -0.25) is 4.90 Å². The molecule has 20 heavy (non-hydrogen) atoms. The van der Waals surface area contributed by atoms with Crippen molar-refractivity contribution in [3.8, 4) is 0 Å². The second-order valence-electron chi connectivity index (χ2n) is 5.85. The fourth-order valence-corrected chi connectivity index (χ4v) is 2.48. The van der Waals surface area contributed by atoms with E-state index in [1.54, 1.807) is 4.90 Å². The zero-order valence-electron chi connectivity index (χ0n) is 12.5. The fourth-order valence-electron chi connectivity index (χ4n) is 2.48. The quantitative estimate of drug-likeness (QED) is 0.852. The van der Waals surface area contributed by atoms with E-state index in [0.717, 1.165) is 12.8 Å². The van der Waals surface area contributed by atoms with E-state index in [0.29, 0.717) is 13.2 Å². The van der Waals surface area contributed by atoms with Crippen LogP contribution in [0.1, 0.15) is 25.8 Å². The SMILES string of the molecule is COC(=O)N1CC(CCc2ccccc2)OCC1(C)C. The lowest BCUT2D eigenvalue weighted by atomic mass is 9.99. The summed E-state index contributed by atoms with van der Waals surface area (Å²) in [6, 6.07) is 10.3. The van der Waals surface area contributed by atoms with Crippen molar-refractivity contribution in [2.75, 3.05) is 20.3 Å². The Morgan fingerprint density at radius 1 is 1.40 bits per heavy atom.